The Morgan fingerprint density at radius 3 is 2.60 bits per heavy atom. The van der Waals surface area contributed by atoms with Crippen LogP contribution >= 0.6 is 0 Å². The summed E-state index contributed by atoms with van der Waals surface area (Å²) in [4.78, 5) is 0. The highest BCUT2D eigenvalue weighted by Gasteiger charge is 2.03. The van der Waals surface area contributed by atoms with Crippen LogP contribution < -0.4 is 5.32 Å². The molecule has 0 saturated carbocycles. The zero-order chi connectivity index (χ0) is 11.1. The third-order valence-electron chi connectivity index (χ3n) is 2.79. The molecule has 1 aromatic rings. The lowest BCUT2D eigenvalue weighted by Crippen LogP contribution is -2.15. The first-order valence-corrected chi connectivity index (χ1v) is 6.12. The number of unbranched alkanes of at least 4 members (excludes halogenated alkanes) is 1. The first-order chi connectivity index (χ1) is 7.27. The van der Waals surface area contributed by atoms with E-state index in [-0.39, 0.29) is 0 Å². The van der Waals surface area contributed by atoms with Gasteiger partial charge in [-0.3, -0.25) is 0 Å². The van der Waals surface area contributed by atoms with Gasteiger partial charge in [0.15, 0.2) is 0 Å². The number of anilines is 1. The van der Waals surface area contributed by atoms with Crippen LogP contribution in [0.3, 0.4) is 0 Å². The Labute approximate surface area is 93.9 Å². The summed E-state index contributed by atoms with van der Waals surface area (Å²) < 4.78 is 0. The van der Waals surface area contributed by atoms with Gasteiger partial charge in [0.1, 0.15) is 0 Å². The van der Waals surface area contributed by atoms with Crippen LogP contribution in [0.15, 0.2) is 24.3 Å². The van der Waals surface area contributed by atoms with Gasteiger partial charge in [0.25, 0.3) is 0 Å². The predicted molar refractivity (Wildman–Crippen MR) is 68.4 cm³/mol. The van der Waals surface area contributed by atoms with Gasteiger partial charge in [0.05, 0.1) is 0 Å². The molecule has 0 radical (unpaired) electrons. The van der Waals surface area contributed by atoms with Gasteiger partial charge in [-0.25, -0.2) is 0 Å². The van der Waals surface area contributed by atoms with E-state index in [1.54, 1.807) is 0 Å². The van der Waals surface area contributed by atoms with E-state index in [1.807, 2.05) is 0 Å². The molecule has 1 nitrogen and oxygen atoms in total. The number of rotatable bonds is 6. The minimum Gasteiger partial charge on any atom is -0.382 e. The number of aryl methyl sites for hydroxylation is 1. The zero-order valence-electron chi connectivity index (χ0n) is 10.2. The van der Waals surface area contributed by atoms with Crippen molar-refractivity contribution in [2.24, 2.45) is 0 Å². The molecule has 0 saturated heterocycles. The molecule has 1 N–H and O–H groups in total. The topological polar surface area (TPSA) is 12.0 Å². The molecule has 0 amide bonds. The summed E-state index contributed by atoms with van der Waals surface area (Å²) in [5, 5.41) is 3.60. The van der Waals surface area contributed by atoms with E-state index in [4.69, 9.17) is 0 Å². The Morgan fingerprint density at radius 2 is 1.93 bits per heavy atom. The summed E-state index contributed by atoms with van der Waals surface area (Å²) in [7, 11) is 0. The molecule has 1 heteroatoms. The lowest BCUT2D eigenvalue weighted by molar-refractivity contribution is 0.644. The highest BCUT2D eigenvalue weighted by atomic mass is 14.9. The number of nitrogens with one attached hydrogen (secondary N) is 1. The molecular weight excluding hydrogens is 182 g/mol. The highest BCUT2D eigenvalue weighted by molar-refractivity contribution is 5.51. The normalized spacial score (nSPS) is 12.5. The molecule has 1 aromatic carbocycles. The summed E-state index contributed by atoms with van der Waals surface area (Å²) in [6.45, 7) is 6.71. The average Bonchev–Trinajstić information content (AvgIpc) is 2.27. The third-order valence-corrected chi connectivity index (χ3v) is 2.79. The van der Waals surface area contributed by atoms with Crippen LogP contribution in [-0.2, 0) is 6.42 Å². The Bertz CT molecular complexity index is 280. The van der Waals surface area contributed by atoms with Crippen molar-refractivity contribution in [1.29, 1.82) is 0 Å². The third kappa shape index (κ3) is 3.94. The van der Waals surface area contributed by atoms with Crippen LogP contribution in [0, 0.1) is 0 Å². The van der Waals surface area contributed by atoms with Gasteiger partial charge in [-0.05, 0) is 31.4 Å². The van der Waals surface area contributed by atoms with Crippen molar-refractivity contribution in [1.82, 2.24) is 0 Å². The summed E-state index contributed by atoms with van der Waals surface area (Å²) in [6, 6.07) is 9.18. The van der Waals surface area contributed by atoms with Crippen LogP contribution in [0.1, 0.15) is 45.6 Å². The van der Waals surface area contributed by atoms with E-state index in [0.29, 0.717) is 6.04 Å². The van der Waals surface area contributed by atoms with Gasteiger partial charge >= 0.3 is 0 Å². The lowest BCUT2D eigenvalue weighted by atomic mass is 10.1. The quantitative estimate of drug-likeness (QED) is 0.732. The molecule has 0 aliphatic rings. The first kappa shape index (κ1) is 12.1. The van der Waals surface area contributed by atoms with Crippen LogP contribution in [0.25, 0.3) is 0 Å². The average molecular weight is 205 g/mol. The molecule has 1 rings (SSSR count). The maximum Gasteiger partial charge on any atom is 0.0374 e. The summed E-state index contributed by atoms with van der Waals surface area (Å²) in [5.74, 6) is 0. The molecule has 0 aromatic heterocycles. The molecular formula is C14H23N. The summed E-state index contributed by atoms with van der Waals surface area (Å²) >= 11 is 0. The van der Waals surface area contributed by atoms with E-state index < -0.39 is 0 Å². The Kier molecular flexibility index (Phi) is 5.23. The zero-order valence-corrected chi connectivity index (χ0v) is 10.2. The van der Waals surface area contributed by atoms with Crippen molar-refractivity contribution in [2.45, 2.75) is 52.5 Å². The van der Waals surface area contributed by atoms with Gasteiger partial charge in [-0.2, -0.15) is 0 Å². The van der Waals surface area contributed by atoms with Crippen molar-refractivity contribution in [3.63, 3.8) is 0 Å². The van der Waals surface area contributed by atoms with E-state index >= 15 is 0 Å². The molecule has 15 heavy (non-hydrogen) atoms. The van der Waals surface area contributed by atoms with Crippen molar-refractivity contribution < 1.29 is 0 Å². The molecule has 0 heterocycles. The van der Waals surface area contributed by atoms with Crippen molar-refractivity contribution >= 4 is 5.69 Å². The van der Waals surface area contributed by atoms with Gasteiger partial charge in [0, 0.05) is 11.7 Å². The Balaban J connectivity index is 2.55. The molecule has 84 valence electrons. The molecule has 0 spiro atoms. The van der Waals surface area contributed by atoms with Crippen LogP contribution in [-0.4, -0.2) is 6.04 Å². The molecule has 0 fully saturated rings. The second kappa shape index (κ2) is 6.49. The number of benzene rings is 1. The van der Waals surface area contributed by atoms with E-state index in [2.05, 4.69) is 50.4 Å². The van der Waals surface area contributed by atoms with Gasteiger partial charge < -0.3 is 5.32 Å². The minimum atomic E-state index is 0.581. The van der Waals surface area contributed by atoms with Crippen molar-refractivity contribution in [2.75, 3.05) is 5.32 Å². The van der Waals surface area contributed by atoms with Gasteiger partial charge in [0.2, 0.25) is 0 Å². The monoisotopic (exact) mass is 205 g/mol. The maximum atomic E-state index is 3.60. The Morgan fingerprint density at radius 1 is 1.20 bits per heavy atom. The molecule has 0 aliphatic heterocycles. The van der Waals surface area contributed by atoms with Gasteiger partial charge in [-0.1, -0.05) is 44.9 Å². The largest absolute Gasteiger partial charge is 0.382 e. The van der Waals surface area contributed by atoms with Gasteiger partial charge in [-0.15, -0.1) is 0 Å². The summed E-state index contributed by atoms with van der Waals surface area (Å²) in [5.41, 5.74) is 2.73. The second-order valence-corrected chi connectivity index (χ2v) is 4.20. The van der Waals surface area contributed by atoms with Crippen molar-refractivity contribution in [3.8, 4) is 0 Å². The summed E-state index contributed by atoms with van der Waals surface area (Å²) in [6.07, 6.45) is 4.95. The molecule has 1 unspecified atom stereocenters. The number of hydrogen-bond acceptors (Lipinski definition) is 1. The van der Waals surface area contributed by atoms with Crippen LogP contribution in [0.5, 0.6) is 0 Å². The Hall–Kier alpha value is -0.980. The molecule has 0 aliphatic carbocycles. The van der Waals surface area contributed by atoms with Crippen LogP contribution in [0.2, 0.25) is 0 Å². The fraction of sp³-hybridized carbons (Fsp3) is 0.571. The number of hydrogen-bond donors (Lipinski definition) is 1. The van der Waals surface area contributed by atoms with Crippen LogP contribution in [0.4, 0.5) is 5.69 Å². The van der Waals surface area contributed by atoms with E-state index in [1.165, 1.54) is 30.5 Å². The lowest BCUT2D eigenvalue weighted by Gasteiger charge is -2.17. The minimum absolute atomic E-state index is 0.581. The first-order valence-electron chi connectivity index (χ1n) is 6.12. The fourth-order valence-electron chi connectivity index (χ4n) is 1.82. The maximum absolute atomic E-state index is 3.60. The molecule has 0 bridgehead atoms. The predicted octanol–water partition coefficient (Wildman–Crippen LogP) is 4.24. The van der Waals surface area contributed by atoms with Crippen molar-refractivity contribution in [3.05, 3.63) is 29.8 Å². The highest BCUT2D eigenvalue weighted by Crippen LogP contribution is 2.17. The molecule has 1 atom stereocenters. The SMILES string of the molecule is CCCCC(C)Nc1ccccc1CC. The standard InChI is InChI=1S/C14H23N/c1-4-6-9-12(3)15-14-11-8-7-10-13(14)5-2/h7-8,10-12,15H,4-6,9H2,1-3H3. The number of para-hydroxylation sites is 1. The van der Waals surface area contributed by atoms with E-state index in [0.717, 1.165) is 6.42 Å². The second-order valence-electron chi connectivity index (χ2n) is 4.20. The van der Waals surface area contributed by atoms with E-state index in [9.17, 15) is 0 Å². The fourth-order valence-corrected chi connectivity index (χ4v) is 1.82. The smallest absolute Gasteiger partial charge is 0.0374 e.